The maximum Gasteiger partial charge on any atom is 0.227 e. The molecule has 2 fully saturated rings. The van der Waals surface area contributed by atoms with E-state index in [1.165, 1.54) is 5.56 Å². The molecule has 3 nitrogen and oxygen atoms in total. The van der Waals surface area contributed by atoms with E-state index in [4.69, 9.17) is 11.6 Å². The van der Waals surface area contributed by atoms with Crippen LogP contribution in [0, 0.1) is 5.92 Å². The molecule has 1 aromatic rings. The van der Waals surface area contributed by atoms with Gasteiger partial charge in [-0.1, -0.05) is 23.7 Å². The second kappa shape index (κ2) is 8.44. The lowest BCUT2D eigenvalue weighted by Gasteiger charge is -2.38. The first-order valence-electron chi connectivity index (χ1n) is 7.60. The topological polar surface area (TPSA) is 32.3 Å². The molecule has 2 atom stereocenters. The van der Waals surface area contributed by atoms with E-state index in [0.717, 1.165) is 49.0 Å². The highest BCUT2D eigenvalue weighted by atomic mass is 35.5. The van der Waals surface area contributed by atoms with E-state index >= 15 is 0 Å². The predicted octanol–water partition coefficient (Wildman–Crippen LogP) is 3.38. The van der Waals surface area contributed by atoms with Gasteiger partial charge in [-0.3, -0.25) is 4.79 Å². The molecular formula is C16H22Cl2N2OS. The maximum atomic E-state index is 12.9. The number of nitrogens with zero attached hydrogens (tertiary/aromatic N) is 1. The van der Waals surface area contributed by atoms with Gasteiger partial charge in [0.05, 0.1) is 12.0 Å². The van der Waals surface area contributed by atoms with Crippen LogP contribution >= 0.6 is 35.8 Å². The number of benzene rings is 1. The van der Waals surface area contributed by atoms with Crippen molar-refractivity contribution in [1.82, 2.24) is 10.2 Å². The van der Waals surface area contributed by atoms with Crippen molar-refractivity contribution in [3.63, 3.8) is 0 Å². The summed E-state index contributed by atoms with van der Waals surface area (Å²) in [6, 6.07) is 8.13. The first kappa shape index (κ1) is 17.9. The number of carbonyl (C=O) groups is 1. The van der Waals surface area contributed by atoms with Crippen LogP contribution in [0.4, 0.5) is 0 Å². The Labute approximate surface area is 147 Å². The molecule has 2 unspecified atom stereocenters. The Hall–Kier alpha value is -0.420. The van der Waals surface area contributed by atoms with Gasteiger partial charge in [-0.2, -0.15) is 11.8 Å². The molecule has 0 saturated carbocycles. The van der Waals surface area contributed by atoms with Gasteiger partial charge in [-0.05, 0) is 37.1 Å². The zero-order valence-corrected chi connectivity index (χ0v) is 14.9. The van der Waals surface area contributed by atoms with Gasteiger partial charge < -0.3 is 10.2 Å². The van der Waals surface area contributed by atoms with Gasteiger partial charge >= 0.3 is 0 Å². The fourth-order valence-electron chi connectivity index (χ4n) is 3.13. The second-order valence-electron chi connectivity index (χ2n) is 5.72. The summed E-state index contributed by atoms with van der Waals surface area (Å²) in [4.78, 5) is 14.9. The largest absolute Gasteiger partial charge is 0.334 e. The molecule has 2 saturated heterocycles. The van der Waals surface area contributed by atoms with E-state index in [0.29, 0.717) is 5.91 Å². The number of piperidine rings is 1. The molecule has 0 aliphatic carbocycles. The zero-order valence-electron chi connectivity index (χ0n) is 12.5. The molecule has 0 radical (unpaired) electrons. The van der Waals surface area contributed by atoms with E-state index < -0.39 is 0 Å². The summed E-state index contributed by atoms with van der Waals surface area (Å²) in [6.45, 7) is 2.73. The average molecular weight is 361 g/mol. The molecule has 0 spiro atoms. The molecule has 0 bridgehead atoms. The summed E-state index contributed by atoms with van der Waals surface area (Å²) in [5.74, 6) is 2.49. The highest BCUT2D eigenvalue weighted by molar-refractivity contribution is 7.99. The van der Waals surface area contributed by atoms with Crippen molar-refractivity contribution in [2.75, 3.05) is 31.1 Å². The molecule has 122 valence electrons. The number of rotatable bonds is 2. The lowest BCUT2D eigenvalue weighted by molar-refractivity contribution is -0.138. The van der Waals surface area contributed by atoms with Crippen LogP contribution in [0.2, 0.25) is 5.02 Å². The Morgan fingerprint density at radius 3 is 2.77 bits per heavy atom. The Bertz CT molecular complexity index is 491. The minimum Gasteiger partial charge on any atom is -0.334 e. The molecule has 1 amide bonds. The molecule has 1 N–H and O–H groups in total. The van der Waals surface area contributed by atoms with Gasteiger partial charge in [0.15, 0.2) is 0 Å². The van der Waals surface area contributed by atoms with Crippen molar-refractivity contribution >= 4 is 41.7 Å². The smallest absolute Gasteiger partial charge is 0.227 e. The first-order valence-corrected chi connectivity index (χ1v) is 9.13. The molecule has 0 aromatic heterocycles. The normalized spacial score (nSPS) is 25.4. The van der Waals surface area contributed by atoms with Crippen molar-refractivity contribution in [2.24, 2.45) is 5.92 Å². The van der Waals surface area contributed by atoms with Crippen LogP contribution in [0.25, 0.3) is 0 Å². The quantitative estimate of drug-likeness (QED) is 0.877. The number of halogens is 2. The summed E-state index contributed by atoms with van der Waals surface area (Å²) in [7, 11) is 0. The van der Waals surface area contributed by atoms with Crippen LogP contribution in [0.3, 0.4) is 0 Å². The average Bonchev–Trinajstić information content (AvgIpc) is 2.56. The van der Waals surface area contributed by atoms with Crippen LogP contribution in [0.15, 0.2) is 24.3 Å². The molecule has 3 rings (SSSR count). The summed E-state index contributed by atoms with van der Waals surface area (Å²) in [5.41, 5.74) is 1.20. The van der Waals surface area contributed by atoms with Crippen molar-refractivity contribution < 1.29 is 4.79 Å². The highest BCUT2D eigenvalue weighted by Crippen LogP contribution is 2.32. The number of hydrogen-bond acceptors (Lipinski definition) is 3. The molecule has 6 heteroatoms. The van der Waals surface area contributed by atoms with Gasteiger partial charge in [0.1, 0.15) is 0 Å². The van der Waals surface area contributed by atoms with E-state index in [2.05, 4.69) is 22.3 Å². The van der Waals surface area contributed by atoms with Crippen LogP contribution in [0.1, 0.15) is 24.4 Å². The molecule has 2 heterocycles. The Balaban J connectivity index is 0.00000176. The number of carbonyl (C=O) groups excluding carboxylic acids is 1. The maximum absolute atomic E-state index is 12.9. The molecular weight excluding hydrogens is 339 g/mol. The lowest BCUT2D eigenvalue weighted by Crippen LogP contribution is -2.47. The predicted molar refractivity (Wildman–Crippen MR) is 96.1 cm³/mol. The third-order valence-electron chi connectivity index (χ3n) is 4.31. The van der Waals surface area contributed by atoms with Gasteiger partial charge in [0.2, 0.25) is 5.91 Å². The molecule has 2 aliphatic heterocycles. The Morgan fingerprint density at radius 1 is 1.32 bits per heavy atom. The molecule has 22 heavy (non-hydrogen) atoms. The zero-order chi connectivity index (χ0) is 14.7. The summed E-state index contributed by atoms with van der Waals surface area (Å²) in [5, 5.41) is 4.09. The highest BCUT2D eigenvalue weighted by Gasteiger charge is 2.33. The van der Waals surface area contributed by atoms with Gasteiger partial charge in [0, 0.05) is 29.6 Å². The Kier molecular flexibility index (Phi) is 6.87. The molecule has 2 aliphatic rings. The summed E-state index contributed by atoms with van der Waals surface area (Å²) < 4.78 is 0. The summed E-state index contributed by atoms with van der Waals surface area (Å²) >= 11 is 7.90. The standard InChI is InChI=1S/C16H21ClN2OS.ClH/c17-14-5-3-12(4-6-14)15-11-21-9-8-19(15)16(20)13-2-1-7-18-10-13;/h3-6,13,15,18H,1-2,7-11H2;1H. The van der Waals surface area contributed by atoms with Crippen molar-refractivity contribution in [3.05, 3.63) is 34.9 Å². The first-order chi connectivity index (χ1) is 10.3. The third kappa shape index (κ3) is 4.10. The van der Waals surface area contributed by atoms with E-state index in [-0.39, 0.29) is 24.4 Å². The van der Waals surface area contributed by atoms with E-state index in [1.54, 1.807) is 0 Å². The van der Waals surface area contributed by atoms with Crippen LogP contribution in [-0.4, -0.2) is 41.9 Å². The SMILES string of the molecule is Cl.O=C(C1CCCNC1)N1CCSCC1c1ccc(Cl)cc1. The van der Waals surface area contributed by atoms with Gasteiger partial charge in [0.25, 0.3) is 0 Å². The second-order valence-corrected chi connectivity index (χ2v) is 7.30. The van der Waals surface area contributed by atoms with Crippen molar-refractivity contribution in [1.29, 1.82) is 0 Å². The number of amides is 1. The fourth-order valence-corrected chi connectivity index (χ4v) is 4.34. The van der Waals surface area contributed by atoms with Crippen molar-refractivity contribution in [2.45, 2.75) is 18.9 Å². The number of nitrogens with one attached hydrogen (secondary N) is 1. The van der Waals surface area contributed by atoms with Crippen molar-refractivity contribution in [3.8, 4) is 0 Å². The molecule has 1 aromatic carbocycles. The van der Waals surface area contributed by atoms with Crippen LogP contribution in [-0.2, 0) is 4.79 Å². The van der Waals surface area contributed by atoms with Crippen LogP contribution < -0.4 is 5.32 Å². The lowest BCUT2D eigenvalue weighted by atomic mass is 9.96. The monoisotopic (exact) mass is 360 g/mol. The number of hydrogen-bond donors (Lipinski definition) is 1. The van der Waals surface area contributed by atoms with E-state index in [9.17, 15) is 4.79 Å². The minimum absolute atomic E-state index is 0. The van der Waals surface area contributed by atoms with E-state index in [1.807, 2.05) is 23.9 Å². The van der Waals surface area contributed by atoms with Gasteiger partial charge in [-0.15, -0.1) is 12.4 Å². The van der Waals surface area contributed by atoms with Gasteiger partial charge in [-0.25, -0.2) is 0 Å². The number of thioether (sulfide) groups is 1. The third-order valence-corrected chi connectivity index (χ3v) is 5.59. The van der Waals surface area contributed by atoms with Crippen LogP contribution in [0.5, 0.6) is 0 Å². The minimum atomic E-state index is 0. The summed E-state index contributed by atoms with van der Waals surface area (Å²) in [6.07, 6.45) is 2.12. The fraction of sp³-hybridized carbons (Fsp3) is 0.562. The Morgan fingerprint density at radius 2 is 2.09 bits per heavy atom.